The summed E-state index contributed by atoms with van der Waals surface area (Å²) in [5.74, 6) is 1.72. The second-order valence-corrected chi connectivity index (χ2v) is 5.42. The highest BCUT2D eigenvalue weighted by atomic mass is 15.0. The van der Waals surface area contributed by atoms with Crippen LogP contribution < -0.4 is 0 Å². The normalized spacial score (nSPS) is 12.8. The highest BCUT2D eigenvalue weighted by molar-refractivity contribution is 5.79. The molecule has 0 radical (unpaired) electrons. The van der Waals surface area contributed by atoms with Gasteiger partial charge in [0.15, 0.2) is 0 Å². The van der Waals surface area contributed by atoms with Crippen LogP contribution >= 0.6 is 0 Å². The fourth-order valence-electron chi connectivity index (χ4n) is 2.93. The maximum Gasteiger partial charge on any atom is 0.106 e. The van der Waals surface area contributed by atoms with Crippen molar-refractivity contribution in [3.63, 3.8) is 0 Å². The molecule has 0 saturated heterocycles. The number of imidazole rings is 1. The lowest BCUT2D eigenvalue weighted by atomic mass is 9.99. The van der Waals surface area contributed by atoms with Crippen molar-refractivity contribution >= 4 is 10.9 Å². The van der Waals surface area contributed by atoms with E-state index >= 15 is 0 Å². The van der Waals surface area contributed by atoms with Gasteiger partial charge in [-0.15, -0.1) is 0 Å². The molecule has 0 fully saturated rings. The lowest BCUT2D eigenvalue weighted by molar-refractivity contribution is 0.408. The van der Waals surface area contributed by atoms with Crippen LogP contribution in [-0.4, -0.2) is 14.5 Å². The number of hydrogen-bond donors (Lipinski definition) is 1. The van der Waals surface area contributed by atoms with E-state index < -0.39 is 0 Å². The maximum atomic E-state index is 4.37. The average Bonchev–Trinajstić information content (AvgIpc) is 3.10. The molecule has 0 aliphatic rings. The van der Waals surface area contributed by atoms with Gasteiger partial charge in [-0.05, 0) is 29.9 Å². The second kappa shape index (κ2) is 5.95. The lowest BCUT2D eigenvalue weighted by Gasteiger charge is -2.16. The van der Waals surface area contributed by atoms with Crippen molar-refractivity contribution in [3.8, 4) is 0 Å². The highest BCUT2D eigenvalue weighted by Crippen LogP contribution is 2.20. The number of aromatic amines is 1. The van der Waals surface area contributed by atoms with Crippen LogP contribution in [0.2, 0.25) is 0 Å². The standard InChI is InChI=1S/C17H21N3/c1-2-5-14(12-17-18-9-10-19-17)13-20-11-8-15-6-3-4-7-16(15)20/h3-4,6-11,14H,2,5,12-13H2,1H3,(H,18,19). The van der Waals surface area contributed by atoms with Gasteiger partial charge in [0.2, 0.25) is 0 Å². The Balaban J connectivity index is 1.78. The molecule has 0 aliphatic heterocycles. The molecule has 2 aromatic heterocycles. The Labute approximate surface area is 119 Å². The largest absolute Gasteiger partial charge is 0.349 e. The summed E-state index contributed by atoms with van der Waals surface area (Å²) in [6, 6.07) is 10.8. The van der Waals surface area contributed by atoms with Crippen LogP contribution in [0.25, 0.3) is 10.9 Å². The van der Waals surface area contributed by atoms with Crippen molar-refractivity contribution in [1.29, 1.82) is 0 Å². The minimum Gasteiger partial charge on any atom is -0.349 e. The summed E-state index contributed by atoms with van der Waals surface area (Å²) in [5.41, 5.74) is 1.33. The zero-order valence-electron chi connectivity index (χ0n) is 11.9. The Kier molecular flexibility index (Phi) is 3.86. The first-order valence-electron chi connectivity index (χ1n) is 7.39. The van der Waals surface area contributed by atoms with Crippen molar-refractivity contribution < 1.29 is 0 Å². The number of benzene rings is 1. The molecular weight excluding hydrogens is 246 g/mol. The van der Waals surface area contributed by atoms with Gasteiger partial charge < -0.3 is 9.55 Å². The van der Waals surface area contributed by atoms with Gasteiger partial charge in [-0.3, -0.25) is 0 Å². The molecule has 20 heavy (non-hydrogen) atoms. The van der Waals surface area contributed by atoms with Crippen LogP contribution in [0.4, 0.5) is 0 Å². The summed E-state index contributed by atoms with van der Waals surface area (Å²) in [6.45, 7) is 3.31. The van der Waals surface area contributed by atoms with Gasteiger partial charge in [0, 0.05) is 37.1 Å². The summed E-state index contributed by atoms with van der Waals surface area (Å²) >= 11 is 0. The fraction of sp³-hybridized carbons (Fsp3) is 0.353. The third kappa shape index (κ3) is 2.77. The number of aromatic nitrogens is 3. The molecule has 0 bridgehead atoms. The molecule has 3 aromatic rings. The minimum atomic E-state index is 0.627. The van der Waals surface area contributed by atoms with Crippen LogP contribution in [0.5, 0.6) is 0 Å². The Morgan fingerprint density at radius 3 is 2.95 bits per heavy atom. The fourth-order valence-corrected chi connectivity index (χ4v) is 2.93. The molecule has 1 aromatic carbocycles. The number of hydrogen-bond acceptors (Lipinski definition) is 1. The van der Waals surface area contributed by atoms with E-state index in [1.165, 1.54) is 23.7 Å². The molecule has 1 atom stereocenters. The van der Waals surface area contributed by atoms with Crippen molar-refractivity contribution in [3.05, 3.63) is 54.7 Å². The molecule has 1 N–H and O–H groups in total. The molecule has 3 nitrogen and oxygen atoms in total. The maximum absolute atomic E-state index is 4.37. The first-order chi connectivity index (χ1) is 9.86. The van der Waals surface area contributed by atoms with E-state index in [4.69, 9.17) is 0 Å². The minimum absolute atomic E-state index is 0.627. The van der Waals surface area contributed by atoms with E-state index in [1.807, 2.05) is 12.4 Å². The van der Waals surface area contributed by atoms with Crippen molar-refractivity contribution in [1.82, 2.24) is 14.5 Å². The topological polar surface area (TPSA) is 33.6 Å². The molecular formula is C17H21N3. The van der Waals surface area contributed by atoms with Crippen molar-refractivity contribution in [2.45, 2.75) is 32.7 Å². The van der Waals surface area contributed by atoms with Gasteiger partial charge in [-0.25, -0.2) is 4.98 Å². The number of nitrogens with one attached hydrogen (secondary N) is 1. The van der Waals surface area contributed by atoms with E-state index in [9.17, 15) is 0 Å². The number of H-pyrrole nitrogens is 1. The van der Waals surface area contributed by atoms with Crippen LogP contribution in [0.3, 0.4) is 0 Å². The number of nitrogens with zero attached hydrogens (tertiary/aromatic N) is 2. The van der Waals surface area contributed by atoms with Gasteiger partial charge in [0.1, 0.15) is 5.82 Å². The van der Waals surface area contributed by atoms with Crippen LogP contribution in [0.1, 0.15) is 25.6 Å². The highest BCUT2D eigenvalue weighted by Gasteiger charge is 2.12. The number of para-hydroxylation sites is 1. The summed E-state index contributed by atoms with van der Waals surface area (Å²) < 4.78 is 2.37. The van der Waals surface area contributed by atoms with Gasteiger partial charge >= 0.3 is 0 Å². The predicted molar refractivity (Wildman–Crippen MR) is 82.6 cm³/mol. The number of fused-ring (bicyclic) bond motifs is 1. The van der Waals surface area contributed by atoms with Gasteiger partial charge in [-0.2, -0.15) is 0 Å². The quantitative estimate of drug-likeness (QED) is 0.719. The average molecular weight is 267 g/mol. The number of rotatable bonds is 6. The SMILES string of the molecule is CCCC(Cc1ncc[nH]1)Cn1ccc2ccccc21. The molecule has 0 saturated carbocycles. The lowest BCUT2D eigenvalue weighted by Crippen LogP contribution is -2.13. The van der Waals surface area contributed by atoms with E-state index in [0.717, 1.165) is 18.8 Å². The molecule has 3 heteroatoms. The summed E-state index contributed by atoms with van der Waals surface area (Å²) in [6.07, 6.45) is 9.41. The van der Waals surface area contributed by atoms with Crippen LogP contribution in [0.15, 0.2) is 48.9 Å². The Morgan fingerprint density at radius 2 is 2.15 bits per heavy atom. The Morgan fingerprint density at radius 1 is 1.25 bits per heavy atom. The molecule has 104 valence electrons. The summed E-state index contributed by atoms with van der Waals surface area (Å²) in [7, 11) is 0. The first-order valence-corrected chi connectivity index (χ1v) is 7.39. The zero-order chi connectivity index (χ0) is 13.8. The van der Waals surface area contributed by atoms with Crippen molar-refractivity contribution in [2.24, 2.45) is 5.92 Å². The Bertz CT molecular complexity index is 652. The second-order valence-electron chi connectivity index (χ2n) is 5.42. The van der Waals surface area contributed by atoms with Crippen LogP contribution in [-0.2, 0) is 13.0 Å². The van der Waals surface area contributed by atoms with E-state index in [-0.39, 0.29) is 0 Å². The molecule has 1 unspecified atom stereocenters. The predicted octanol–water partition coefficient (Wildman–Crippen LogP) is 4.02. The van der Waals surface area contributed by atoms with E-state index in [1.54, 1.807) is 0 Å². The molecule has 0 spiro atoms. The third-order valence-corrected chi connectivity index (χ3v) is 3.87. The van der Waals surface area contributed by atoms with E-state index in [0.29, 0.717) is 5.92 Å². The summed E-state index contributed by atoms with van der Waals surface area (Å²) in [5, 5.41) is 1.32. The van der Waals surface area contributed by atoms with Gasteiger partial charge in [0.25, 0.3) is 0 Å². The first kappa shape index (κ1) is 13.0. The van der Waals surface area contributed by atoms with Crippen molar-refractivity contribution in [2.75, 3.05) is 0 Å². The molecule has 3 rings (SSSR count). The Hall–Kier alpha value is -2.03. The zero-order valence-corrected chi connectivity index (χ0v) is 11.9. The monoisotopic (exact) mass is 267 g/mol. The third-order valence-electron chi connectivity index (χ3n) is 3.87. The van der Waals surface area contributed by atoms with Gasteiger partial charge in [0.05, 0.1) is 0 Å². The van der Waals surface area contributed by atoms with Crippen LogP contribution in [0, 0.1) is 5.92 Å². The van der Waals surface area contributed by atoms with Gasteiger partial charge in [-0.1, -0.05) is 31.5 Å². The smallest absolute Gasteiger partial charge is 0.106 e. The molecule has 0 amide bonds. The van der Waals surface area contributed by atoms with E-state index in [2.05, 4.69) is 58.0 Å². The molecule has 2 heterocycles. The molecule has 0 aliphatic carbocycles. The summed E-state index contributed by atoms with van der Waals surface area (Å²) in [4.78, 5) is 7.59.